The summed E-state index contributed by atoms with van der Waals surface area (Å²) < 4.78 is 5.87. The van der Waals surface area contributed by atoms with Crippen molar-refractivity contribution in [3.05, 3.63) is 42.2 Å². The van der Waals surface area contributed by atoms with E-state index in [1.165, 1.54) is 12.8 Å². The van der Waals surface area contributed by atoms with Gasteiger partial charge in [-0.2, -0.15) is 0 Å². The maximum absolute atomic E-state index is 5.87. The lowest BCUT2D eigenvalue weighted by molar-refractivity contribution is 0.460. The molecule has 0 saturated heterocycles. The van der Waals surface area contributed by atoms with Crippen molar-refractivity contribution in [2.24, 2.45) is 0 Å². The van der Waals surface area contributed by atoms with Crippen molar-refractivity contribution < 1.29 is 4.74 Å². The van der Waals surface area contributed by atoms with Gasteiger partial charge >= 0.3 is 0 Å². The predicted molar refractivity (Wildman–Crippen MR) is 80.3 cm³/mol. The van der Waals surface area contributed by atoms with Crippen LogP contribution in [0.1, 0.15) is 44.1 Å². The van der Waals surface area contributed by atoms with Gasteiger partial charge in [0.2, 0.25) is 0 Å². The van der Waals surface area contributed by atoms with Gasteiger partial charge in [0.25, 0.3) is 0 Å². The SMILES string of the molecule is CC(C)c1ncc(Oc2cccnc2)c(CNC2CC2)n1. The molecule has 0 amide bonds. The molecule has 1 aliphatic rings. The number of hydrogen-bond acceptors (Lipinski definition) is 5. The zero-order chi connectivity index (χ0) is 14.7. The second-order valence-electron chi connectivity index (χ2n) is 5.64. The summed E-state index contributed by atoms with van der Waals surface area (Å²) >= 11 is 0. The lowest BCUT2D eigenvalue weighted by Crippen LogP contribution is -2.18. The van der Waals surface area contributed by atoms with Crippen LogP contribution in [0, 0.1) is 0 Å². The summed E-state index contributed by atoms with van der Waals surface area (Å²) in [5.41, 5.74) is 0.907. The Morgan fingerprint density at radius 2 is 2.19 bits per heavy atom. The zero-order valence-corrected chi connectivity index (χ0v) is 12.4. The summed E-state index contributed by atoms with van der Waals surface area (Å²) in [5.74, 6) is 2.55. The smallest absolute Gasteiger partial charge is 0.168 e. The number of ether oxygens (including phenoxy) is 1. The quantitative estimate of drug-likeness (QED) is 0.883. The van der Waals surface area contributed by atoms with Gasteiger partial charge in [0, 0.05) is 24.7 Å². The molecule has 0 atom stereocenters. The van der Waals surface area contributed by atoms with E-state index < -0.39 is 0 Å². The van der Waals surface area contributed by atoms with Crippen LogP contribution in [0.25, 0.3) is 0 Å². The minimum atomic E-state index is 0.303. The van der Waals surface area contributed by atoms with E-state index in [9.17, 15) is 0 Å². The van der Waals surface area contributed by atoms with Gasteiger partial charge in [-0.25, -0.2) is 9.97 Å². The van der Waals surface area contributed by atoms with Crippen LogP contribution in [0.4, 0.5) is 0 Å². The van der Waals surface area contributed by atoms with Crippen LogP contribution in [0.2, 0.25) is 0 Å². The summed E-state index contributed by atoms with van der Waals surface area (Å²) in [6.45, 7) is 4.90. The molecule has 2 aromatic heterocycles. The van der Waals surface area contributed by atoms with Crippen LogP contribution >= 0.6 is 0 Å². The highest BCUT2D eigenvalue weighted by Crippen LogP contribution is 2.26. The molecule has 2 aromatic rings. The van der Waals surface area contributed by atoms with Crippen molar-refractivity contribution in [2.75, 3.05) is 0 Å². The molecule has 3 rings (SSSR count). The van der Waals surface area contributed by atoms with Gasteiger partial charge in [0.05, 0.1) is 12.4 Å². The molecule has 5 heteroatoms. The van der Waals surface area contributed by atoms with Crippen molar-refractivity contribution in [3.8, 4) is 11.5 Å². The number of pyridine rings is 1. The average Bonchev–Trinajstić information content (AvgIpc) is 3.31. The maximum Gasteiger partial charge on any atom is 0.168 e. The molecule has 0 radical (unpaired) electrons. The highest BCUT2D eigenvalue weighted by molar-refractivity contribution is 5.31. The van der Waals surface area contributed by atoms with Crippen molar-refractivity contribution in [1.82, 2.24) is 20.3 Å². The minimum absolute atomic E-state index is 0.303. The van der Waals surface area contributed by atoms with Crippen molar-refractivity contribution in [3.63, 3.8) is 0 Å². The molecule has 2 heterocycles. The molecule has 5 nitrogen and oxygen atoms in total. The normalized spacial score (nSPS) is 14.4. The number of hydrogen-bond donors (Lipinski definition) is 1. The van der Waals surface area contributed by atoms with E-state index in [-0.39, 0.29) is 0 Å². The second kappa shape index (κ2) is 6.18. The predicted octanol–water partition coefficient (Wildman–Crippen LogP) is 3.04. The van der Waals surface area contributed by atoms with Gasteiger partial charge in [-0.05, 0) is 25.0 Å². The molecule has 110 valence electrons. The molecular weight excluding hydrogens is 264 g/mol. The zero-order valence-electron chi connectivity index (χ0n) is 12.4. The molecule has 1 fully saturated rings. The van der Waals surface area contributed by atoms with Gasteiger partial charge in [0.15, 0.2) is 5.75 Å². The van der Waals surface area contributed by atoms with E-state index in [0.717, 1.165) is 11.5 Å². The van der Waals surface area contributed by atoms with Gasteiger partial charge < -0.3 is 10.1 Å². The Hall–Kier alpha value is -2.01. The largest absolute Gasteiger partial charge is 0.452 e. The Morgan fingerprint density at radius 1 is 1.33 bits per heavy atom. The minimum Gasteiger partial charge on any atom is -0.452 e. The van der Waals surface area contributed by atoms with Crippen LogP contribution in [0.5, 0.6) is 11.5 Å². The monoisotopic (exact) mass is 284 g/mol. The molecule has 1 N–H and O–H groups in total. The lowest BCUT2D eigenvalue weighted by Gasteiger charge is -2.13. The lowest BCUT2D eigenvalue weighted by atomic mass is 10.2. The molecule has 1 saturated carbocycles. The first kappa shape index (κ1) is 13.9. The van der Waals surface area contributed by atoms with Gasteiger partial charge in [-0.15, -0.1) is 0 Å². The number of rotatable bonds is 6. The summed E-state index contributed by atoms with van der Waals surface area (Å²) in [7, 11) is 0. The van der Waals surface area contributed by atoms with E-state index >= 15 is 0 Å². The second-order valence-corrected chi connectivity index (χ2v) is 5.64. The number of nitrogens with zero attached hydrogens (tertiary/aromatic N) is 3. The first-order chi connectivity index (χ1) is 10.2. The Kier molecular flexibility index (Phi) is 4.10. The van der Waals surface area contributed by atoms with Gasteiger partial charge in [-0.3, -0.25) is 4.98 Å². The third-order valence-electron chi connectivity index (χ3n) is 3.36. The standard InChI is InChI=1S/C16H20N4O/c1-11(2)16-19-10-15(21-13-4-3-7-17-8-13)14(20-16)9-18-12-5-6-12/h3-4,7-8,10-12,18H,5-6,9H2,1-2H3. The van der Waals surface area contributed by atoms with E-state index in [0.29, 0.717) is 30.0 Å². The molecule has 21 heavy (non-hydrogen) atoms. The first-order valence-corrected chi connectivity index (χ1v) is 7.39. The summed E-state index contributed by atoms with van der Waals surface area (Å²) in [6, 6.07) is 4.36. The third kappa shape index (κ3) is 3.76. The molecule has 0 bridgehead atoms. The Bertz CT molecular complexity index is 596. The van der Waals surface area contributed by atoms with Crippen molar-refractivity contribution in [1.29, 1.82) is 0 Å². The highest BCUT2D eigenvalue weighted by atomic mass is 16.5. The molecule has 1 aliphatic carbocycles. The van der Waals surface area contributed by atoms with Gasteiger partial charge in [-0.1, -0.05) is 13.8 Å². The van der Waals surface area contributed by atoms with Crippen LogP contribution < -0.4 is 10.1 Å². The van der Waals surface area contributed by atoms with Crippen LogP contribution in [0.15, 0.2) is 30.7 Å². The fourth-order valence-electron chi connectivity index (χ4n) is 1.97. The van der Waals surface area contributed by atoms with E-state index in [1.54, 1.807) is 18.6 Å². The summed E-state index contributed by atoms with van der Waals surface area (Å²) in [5, 5.41) is 3.48. The molecule has 0 spiro atoms. The first-order valence-electron chi connectivity index (χ1n) is 7.39. The molecule has 0 aromatic carbocycles. The molecular formula is C16H20N4O. The van der Waals surface area contributed by atoms with Crippen molar-refractivity contribution >= 4 is 0 Å². The fourth-order valence-corrected chi connectivity index (χ4v) is 1.97. The summed E-state index contributed by atoms with van der Waals surface area (Å²) in [6.07, 6.45) is 7.68. The number of nitrogens with one attached hydrogen (secondary N) is 1. The summed E-state index contributed by atoms with van der Waals surface area (Å²) in [4.78, 5) is 13.1. The number of aromatic nitrogens is 3. The maximum atomic E-state index is 5.87. The van der Waals surface area contributed by atoms with E-state index in [4.69, 9.17) is 4.74 Å². The molecule has 0 unspecified atom stereocenters. The Labute approximate surface area is 124 Å². The Morgan fingerprint density at radius 3 is 2.86 bits per heavy atom. The Balaban J connectivity index is 1.82. The fraction of sp³-hybridized carbons (Fsp3) is 0.438. The average molecular weight is 284 g/mol. The van der Waals surface area contributed by atoms with Crippen LogP contribution in [-0.4, -0.2) is 21.0 Å². The van der Waals surface area contributed by atoms with E-state index in [1.807, 2.05) is 12.1 Å². The third-order valence-corrected chi connectivity index (χ3v) is 3.36. The highest BCUT2D eigenvalue weighted by Gasteiger charge is 2.21. The van der Waals surface area contributed by atoms with E-state index in [2.05, 4.69) is 34.1 Å². The van der Waals surface area contributed by atoms with Crippen LogP contribution in [0.3, 0.4) is 0 Å². The van der Waals surface area contributed by atoms with Crippen LogP contribution in [-0.2, 0) is 6.54 Å². The molecule has 0 aliphatic heterocycles. The van der Waals surface area contributed by atoms with Gasteiger partial charge in [0.1, 0.15) is 17.3 Å². The topological polar surface area (TPSA) is 59.9 Å². The van der Waals surface area contributed by atoms with Crippen molar-refractivity contribution in [2.45, 2.75) is 45.2 Å².